The fraction of sp³-hybridized carbons (Fsp3) is 0.100. The van der Waals surface area contributed by atoms with Crippen LogP contribution in [0.2, 0.25) is 10.0 Å². The molecule has 2 rings (SSSR count). The second-order valence-electron chi connectivity index (χ2n) is 3.10. The number of anilines is 1. The fourth-order valence-corrected chi connectivity index (χ4v) is 1.83. The van der Waals surface area contributed by atoms with Gasteiger partial charge >= 0.3 is 0 Å². The molecular formula is C10H8Cl2N2. The zero-order valence-electron chi connectivity index (χ0n) is 7.51. The number of nitrogens with zero attached hydrogens (tertiary/aromatic N) is 1. The van der Waals surface area contributed by atoms with Crippen LogP contribution in [0.1, 0.15) is 5.69 Å². The first-order valence-electron chi connectivity index (χ1n) is 4.10. The number of aromatic nitrogens is 1. The molecule has 0 spiro atoms. The Morgan fingerprint density at radius 3 is 2.64 bits per heavy atom. The number of nitrogen functional groups attached to an aromatic ring is 1. The van der Waals surface area contributed by atoms with Crippen LogP contribution < -0.4 is 5.73 Å². The molecule has 4 heteroatoms. The number of hydrogen-bond acceptors (Lipinski definition) is 2. The first kappa shape index (κ1) is 9.56. The Morgan fingerprint density at radius 2 is 1.93 bits per heavy atom. The number of rotatable bonds is 0. The molecule has 1 aromatic heterocycles. The van der Waals surface area contributed by atoms with E-state index in [0.717, 1.165) is 11.1 Å². The minimum Gasteiger partial charge on any atom is -0.396 e. The van der Waals surface area contributed by atoms with Gasteiger partial charge in [-0.15, -0.1) is 0 Å². The Morgan fingerprint density at radius 1 is 1.21 bits per heavy atom. The first-order chi connectivity index (χ1) is 6.59. The molecule has 0 bridgehead atoms. The van der Waals surface area contributed by atoms with Crippen molar-refractivity contribution >= 4 is 39.8 Å². The highest BCUT2D eigenvalue weighted by Crippen LogP contribution is 2.31. The van der Waals surface area contributed by atoms with Gasteiger partial charge in [-0.05, 0) is 25.1 Å². The van der Waals surface area contributed by atoms with Crippen LogP contribution >= 0.6 is 23.2 Å². The van der Waals surface area contributed by atoms with E-state index in [1.165, 1.54) is 0 Å². The molecule has 1 aromatic carbocycles. The smallest absolute Gasteiger partial charge is 0.0964 e. The van der Waals surface area contributed by atoms with Crippen LogP contribution in [0.4, 0.5) is 5.69 Å². The van der Waals surface area contributed by atoms with Gasteiger partial charge in [-0.2, -0.15) is 0 Å². The second kappa shape index (κ2) is 3.30. The van der Waals surface area contributed by atoms with Crippen molar-refractivity contribution in [3.05, 3.63) is 33.9 Å². The van der Waals surface area contributed by atoms with E-state index >= 15 is 0 Å². The van der Waals surface area contributed by atoms with Gasteiger partial charge in [-0.1, -0.05) is 23.2 Å². The van der Waals surface area contributed by atoms with Gasteiger partial charge in [0.1, 0.15) is 0 Å². The standard InChI is InChI=1S/C10H8Cl2N2/c1-5-4-8(12)6-2-3-7(11)9(13)10(6)14-5/h2-4H,13H2,1H3. The second-order valence-corrected chi connectivity index (χ2v) is 3.92. The Kier molecular flexibility index (Phi) is 2.25. The van der Waals surface area contributed by atoms with Crippen molar-refractivity contribution in [3.63, 3.8) is 0 Å². The Hall–Kier alpha value is -0.990. The molecular weight excluding hydrogens is 219 g/mol. The molecule has 1 heterocycles. The average molecular weight is 227 g/mol. The molecule has 0 aliphatic carbocycles. The summed E-state index contributed by atoms with van der Waals surface area (Å²) >= 11 is 11.9. The van der Waals surface area contributed by atoms with E-state index in [1.54, 1.807) is 12.1 Å². The maximum absolute atomic E-state index is 6.05. The predicted octanol–water partition coefficient (Wildman–Crippen LogP) is 3.43. The number of benzene rings is 1. The van der Waals surface area contributed by atoms with Crippen LogP contribution in [-0.2, 0) is 0 Å². The summed E-state index contributed by atoms with van der Waals surface area (Å²) in [7, 11) is 0. The lowest BCUT2D eigenvalue weighted by molar-refractivity contribution is 1.26. The number of nitrogens with two attached hydrogens (primary N) is 1. The van der Waals surface area contributed by atoms with Crippen molar-refractivity contribution in [2.45, 2.75) is 6.92 Å². The van der Waals surface area contributed by atoms with E-state index < -0.39 is 0 Å². The minimum atomic E-state index is 0.481. The molecule has 14 heavy (non-hydrogen) atoms. The van der Waals surface area contributed by atoms with Crippen LogP contribution in [0.5, 0.6) is 0 Å². The van der Waals surface area contributed by atoms with Gasteiger partial charge in [-0.25, -0.2) is 0 Å². The van der Waals surface area contributed by atoms with E-state index in [0.29, 0.717) is 21.2 Å². The van der Waals surface area contributed by atoms with E-state index in [1.807, 2.05) is 13.0 Å². The maximum Gasteiger partial charge on any atom is 0.0964 e. The van der Waals surface area contributed by atoms with E-state index in [4.69, 9.17) is 28.9 Å². The van der Waals surface area contributed by atoms with Crippen LogP contribution in [0.3, 0.4) is 0 Å². The summed E-state index contributed by atoms with van der Waals surface area (Å²) in [5.74, 6) is 0. The number of halogens is 2. The molecule has 0 aliphatic rings. The highest BCUT2D eigenvalue weighted by Gasteiger charge is 2.07. The molecule has 0 atom stereocenters. The van der Waals surface area contributed by atoms with Crippen molar-refractivity contribution in [2.24, 2.45) is 0 Å². The zero-order chi connectivity index (χ0) is 10.3. The molecule has 72 valence electrons. The summed E-state index contributed by atoms with van der Waals surface area (Å²) in [6.45, 7) is 1.87. The van der Waals surface area contributed by atoms with Gasteiger partial charge in [0.2, 0.25) is 0 Å². The third-order valence-corrected chi connectivity index (χ3v) is 2.69. The Bertz CT molecular complexity index is 509. The normalized spacial score (nSPS) is 10.8. The maximum atomic E-state index is 6.05. The summed E-state index contributed by atoms with van der Waals surface area (Å²) in [5.41, 5.74) is 7.78. The molecule has 0 radical (unpaired) electrons. The highest BCUT2D eigenvalue weighted by molar-refractivity contribution is 6.38. The quantitative estimate of drug-likeness (QED) is 0.700. The van der Waals surface area contributed by atoms with Gasteiger partial charge < -0.3 is 5.73 Å². The molecule has 0 aliphatic heterocycles. The van der Waals surface area contributed by atoms with E-state index in [-0.39, 0.29) is 0 Å². The summed E-state index contributed by atoms with van der Waals surface area (Å²) in [6, 6.07) is 5.35. The van der Waals surface area contributed by atoms with E-state index in [9.17, 15) is 0 Å². The van der Waals surface area contributed by atoms with Crippen molar-refractivity contribution in [1.82, 2.24) is 4.98 Å². The van der Waals surface area contributed by atoms with Crippen molar-refractivity contribution in [2.75, 3.05) is 5.73 Å². The van der Waals surface area contributed by atoms with Gasteiger partial charge in [0.15, 0.2) is 0 Å². The number of fused-ring (bicyclic) bond motifs is 1. The highest BCUT2D eigenvalue weighted by atomic mass is 35.5. The number of aryl methyl sites for hydroxylation is 1. The zero-order valence-corrected chi connectivity index (χ0v) is 9.02. The molecule has 0 saturated carbocycles. The third-order valence-electron chi connectivity index (χ3n) is 2.04. The fourth-order valence-electron chi connectivity index (χ4n) is 1.37. The molecule has 0 saturated heterocycles. The van der Waals surface area contributed by atoms with Gasteiger partial charge in [0.05, 0.1) is 21.2 Å². The van der Waals surface area contributed by atoms with Crippen molar-refractivity contribution < 1.29 is 0 Å². The lowest BCUT2D eigenvalue weighted by Crippen LogP contribution is -1.93. The lowest BCUT2D eigenvalue weighted by atomic mass is 10.2. The summed E-state index contributed by atoms with van der Waals surface area (Å²) in [4.78, 5) is 4.30. The first-order valence-corrected chi connectivity index (χ1v) is 4.86. The molecule has 2 aromatic rings. The van der Waals surface area contributed by atoms with Crippen molar-refractivity contribution in [3.8, 4) is 0 Å². The van der Waals surface area contributed by atoms with Crippen LogP contribution in [0, 0.1) is 6.92 Å². The topological polar surface area (TPSA) is 38.9 Å². The van der Waals surface area contributed by atoms with Crippen LogP contribution in [-0.4, -0.2) is 4.98 Å². The van der Waals surface area contributed by atoms with Gasteiger partial charge in [0, 0.05) is 11.1 Å². The number of hydrogen-bond donors (Lipinski definition) is 1. The monoisotopic (exact) mass is 226 g/mol. The van der Waals surface area contributed by atoms with Crippen LogP contribution in [0.15, 0.2) is 18.2 Å². The average Bonchev–Trinajstić information content (AvgIpc) is 2.12. The summed E-state index contributed by atoms with van der Waals surface area (Å²) in [6.07, 6.45) is 0. The molecule has 0 fully saturated rings. The summed E-state index contributed by atoms with van der Waals surface area (Å²) < 4.78 is 0. The van der Waals surface area contributed by atoms with Crippen molar-refractivity contribution in [1.29, 1.82) is 0 Å². The SMILES string of the molecule is Cc1cc(Cl)c2ccc(Cl)c(N)c2n1. The summed E-state index contributed by atoms with van der Waals surface area (Å²) in [5, 5.41) is 1.99. The molecule has 2 N–H and O–H groups in total. The Labute approximate surface area is 91.6 Å². The predicted molar refractivity (Wildman–Crippen MR) is 60.9 cm³/mol. The van der Waals surface area contributed by atoms with Crippen LogP contribution in [0.25, 0.3) is 10.9 Å². The molecule has 0 amide bonds. The van der Waals surface area contributed by atoms with E-state index in [2.05, 4.69) is 4.98 Å². The number of pyridine rings is 1. The van der Waals surface area contributed by atoms with Gasteiger partial charge in [-0.3, -0.25) is 4.98 Å². The largest absolute Gasteiger partial charge is 0.396 e. The lowest BCUT2D eigenvalue weighted by Gasteiger charge is -2.05. The molecule has 0 unspecified atom stereocenters. The molecule has 2 nitrogen and oxygen atoms in total. The van der Waals surface area contributed by atoms with Gasteiger partial charge in [0.25, 0.3) is 0 Å². The Balaban J connectivity index is 2.95. The minimum absolute atomic E-state index is 0.481. The third kappa shape index (κ3) is 1.41.